The third-order valence-corrected chi connectivity index (χ3v) is 5.33. The van der Waals surface area contributed by atoms with Gasteiger partial charge in [0.05, 0.1) is 0 Å². The Balaban J connectivity index is 0.000000994. The predicted molar refractivity (Wildman–Crippen MR) is 115 cm³/mol. The predicted octanol–water partition coefficient (Wildman–Crippen LogP) is 5.02. The Morgan fingerprint density at radius 3 is 2.31 bits per heavy atom. The van der Waals surface area contributed by atoms with Gasteiger partial charge in [0.25, 0.3) is 0 Å². The Morgan fingerprint density at radius 1 is 0.931 bits per heavy atom. The molecule has 0 saturated carbocycles. The summed E-state index contributed by atoms with van der Waals surface area (Å²) in [6, 6.07) is 16.7. The molecule has 1 N–H and O–H groups in total. The van der Waals surface area contributed by atoms with Crippen LogP contribution in [0.4, 0.5) is 0 Å². The maximum atomic E-state index is 6.46. The molecule has 1 aromatic heterocycles. The van der Waals surface area contributed by atoms with Crippen LogP contribution in [0.25, 0.3) is 17.0 Å². The zero-order valence-electron chi connectivity index (χ0n) is 17.2. The van der Waals surface area contributed by atoms with E-state index in [1.165, 1.54) is 11.1 Å². The van der Waals surface area contributed by atoms with E-state index < -0.39 is 0 Å². The van der Waals surface area contributed by atoms with Crippen molar-refractivity contribution < 1.29 is 9.26 Å². The molecular weight excluding hydrogens is 362 g/mol. The molecule has 0 radical (unpaired) electrons. The van der Waals surface area contributed by atoms with E-state index in [1.807, 2.05) is 32.0 Å². The molecule has 1 spiro atoms. The highest BCUT2D eigenvalue weighted by Crippen LogP contribution is 2.42. The van der Waals surface area contributed by atoms with Crippen LogP contribution in [0.5, 0.6) is 5.75 Å². The molecule has 0 unspecified atom stereocenters. The van der Waals surface area contributed by atoms with Crippen molar-refractivity contribution in [1.82, 2.24) is 15.5 Å². The van der Waals surface area contributed by atoms with Gasteiger partial charge in [0, 0.05) is 30.9 Å². The van der Waals surface area contributed by atoms with E-state index in [1.54, 1.807) is 6.92 Å². The highest BCUT2D eigenvalue weighted by molar-refractivity contribution is 5.85. The highest BCUT2D eigenvalue weighted by atomic mass is 16.5. The number of para-hydroxylation sites is 1. The molecule has 29 heavy (non-hydrogen) atoms. The summed E-state index contributed by atoms with van der Waals surface area (Å²) in [5.74, 6) is 2.16. The Labute approximate surface area is 171 Å². The number of benzene rings is 2. The molecule has 1 saturated heterocycles. The maximum Gasteiger partial charge on any atom is 0.223 e. The van der Waals surface area contributed by atoms with E-state index in [4.69, 9.17) is 9.26 Å². The molecule has 0 bridgehead atoms. The summed E-state index contributed by atoms with van der Waals surface area (Å²) in [6.45, 7) is 7.75. The van der Waals surface area contributed by atoms with Gasteiger partial charge in [0.15, 0.2) is 0 Å². The Kier molecular flexibility index (Phi) is 5.49. The standard InChI is InChI=1S/C22H21N3O2.C2H6/c1-15-24-21(25-27-15)17-8-6-16(7-9-17)19-14-22(10-12-23-13-11-22)26-20-5-3-2-4-18(19)20;1-2/h2-9,14,23H,10-13H2,1H3;1-2H3. The van der Waals surface area contributed by atoms with Crippen molar-refractivity contribution >= 4 is 5.57 Å². The number of aromatic nitrogens is 2. The molecule has 0 amide bonds. The third-order valence-electron chi connectivity index (χ3n) is 5.33. The van der Waals surface area contributed by atoms with Gasteiger partial charge in [0.1, 0.15) is 11.4 Å². The molecule has 5 heteroatoms. The van der Waals surface area contributed by atoms with Crippen LogP contribution < -0.4 is 10.1 Å². The van der Waals surface area contributed by atoms with Crippen LogP contribution in [0, 0.1) is 6.92 Å². The minimum atomic E-state index is -0.224. The normalized spacial score (nSPS) is 16.9. The number of nitrogens with one attached hydrogen (secondary N) is 1. The average Bonchev–Trinajstić information content (AvgIpc) is 3.21. The van der Waals surface area contributed by atoms with Crippen molar-refractivity contribution in [3.63, 3.8) is 0 Å². The number of aryl methyl sites for hydroxylation is 1. The number of nitrogens with zero attached hydrogens (tertiary/aromatic N) is 2. The first-order valence-electron chi connectivity index (χ1n) is 10.4. The fourth-order valence-electron chi connectivity index (χ4n) is 3.92. The molecule has 150 valence electrons. The van der Waals surface area contributed by atoms with Gasteiger partial charge in [-0.2, -0.15) is 4.98 Å². The molecule has 0 aliphatic carbocycles. The van der Waals surface area contributed by atoms with Crippen molar-refractivity contribution in [2.45, 2.75) is 39.2 Å². The molecule has 2 aliphatic heterocycles. The van der Waals surface area contributed by atoms with Gasteiger partial charge in [-0.3, -0.25) is 0 Å². The van der Waals surface area contributed by atoms with Gasteiger partial charge >= 0.3 is 0 Å². The van der Waals surface area contributed by atoms with E-state index in [2.05, 4.69) is 51.9 Å². The molecule has 2 aromatic carbocycles. The van der Waals surface area contributed by atoms with Crippen LogP contribution in [-0.2, 0) is 0 Å². The first kappa shape index (κ1) is 19.4. The highest BCUT2D eigenvalue weighted by Gasteiger charge is 2.36. The fraction of sp³-hybridized carbons (Fsp3) is 0.333. The molecule has 3 heterocycles. The Morgan fingerprint density at radius 2 is 1.62 bits per heavy atom. The summed E-state index contributed by atoms with van der Waals surface area (Å²) in [7, 11) is 0. The summed E-state index contributed by atoms with van der Waals surface area (Å²) < 4.78 is 11.6. The SMILES string of the molecule is CC.Cc1nc(-c2ccc(C3=CC4(CCNCC4)Oc4ccccc43)cc2)no1. The lowest BCUT2D eigenvalue weighted by atomic mass is 9.83. The zero-order valence-corrected chi connectivity index (χ0v) is 17.2. The van der Waals surface area contributed by atoms with Crippen molar-refractivity contribution in [1.29, 1.82) is 0 Å². The lowest BCUT2D eigenvalue weighted by Gasteiger charge is -2.40. The van der Waals surface area contributed by atoms with E-state index in [-0.39, 0.29) is 5.60 Å². The molecule has 5 rings (SSSR count). The van der Waals surface area contributed by atoms with Crippen molar-refractivity contribution in [2.75, 3.05) is 13.1 Å². The molecule has 5 nitrogen and oxygen atoms in total. The fourth-order valence-corrected chi connectivity index (χ4v) is 3.92. The largest absolute Gasteiger partial charge is 0.482 e. The minimum absolute atomic E-state index is 0.224. The molecule has 1 fully saturated rings. The quantitative estimate of drug-likeness (QED) is 0.667. The molecule has 0 atom stereocenters. The van der Waals surface area contributed by atoms with Crippen molar-refractivity contribution in [3.05, 3.63) is 71.6 Å². The van der Waals surface area contributed by atoms with Gasteiger partial charge < -0.3 is 14.6 Å². The summed E-state index contributed by atoms with van der Waals surface area (Å²) in [5, 5.41) is 7.44. The number of hydrogen-bond acceptors (Lipinski definition) is 5. The lowest BCUT2D eigenvalue weighted by molar-refractivity contribution is 0.0817. The van der Waals surface area contributed by atoms with E-state index in [9.17, 15) is 0 Å². The second-order valence-electron chi connectivity index (χ2n) is 7.19. The Bertz CT molecular complexity index is 999. The number of rotatable bonds is 2. The summed E-state index contributed by atoms with van der Waals surface area (Å²) in [4.78, 5) is 4.31. The van der Waals surface area contributed by atoms with Gasteiger partial charge in [0.2, 0.25) is 11.7 Å². The monoisotopic (exact) mass is 389 g/mol. The Hall–Kier alpha value is -2.92. The topological polar surface area (TPSA) is 60.2 Å². The van der Waals surface area contributed by atoms with Crippen LogP contribution in [0.15, 0.2) is 59.1 Å². The van der Waals surface area contributed by atoms with Gasteiger partial charge in [-0.1, -0.05) is 61.5 Å². The third kappa shape index (κ3) is 3.83. The van der Waals surface area contributed by atoms with Crippen molar-refractivity contribution in [3.8, 4) is 17.1 Å². The number of fused-ring (bicyclic) bond motifs is 1. The first-order chi connectivity index (χ1) is 14.2. The second kappa shape index (κ2) is 8.21. The van der Waals surface area contributed by atoms with Crippen LogP contribution in [-0.4, -0.2) is 28.8 Å². The van der Waals surface area contributed by atoms with E-state index in [0.29, 0.717) is 11.7 Å². The second-order valence-corrected chi connectivity index (χ2v) is 7.19. The maximum absolute atomic E-state index is 6.46. The average molecular weight is 389 g/mol. The molecule has 2 aliphatic rings. The van der Waals surface area contributed by atoms with Crippen LogP contribution in [0.2, 0.25) is 0 Å². The lowest BCUT2D eigenvalue weighted by Crippen LogP contribution is -2.46. The van der Waals surface area contributed by atoms with Crippen LogP contribution in [0.3, 0.4) is 0 Å². The number of ether oxygens (including phenoxy) is 1. The summed E-state index contributed by atoms with van der Waals surface area (Å²) in [6.07, 6.45) is 4.28. The summed E-state index contributed by atoms with van der Waals surface area (Å²) >= 11 is 0. The van der Waals surface area contributed by atoms with E-state index >= 15 is 0 Å². The van der Waals surface area contributed by atoms with Crippen LogP contribution >= 0.6 is 0 Å². The minimum Gasteiger partial charge on any atom is -0.482 e. The van der Waals surface area contributed by atoms with Gasteiger partial charge in [-0.15, -0.1) is 0 Å². The zero-order chi connectivity index (χ0) is 20.3. The number of piperidine rings is 1. The molecular formula is C24H27N3O2. The smallest absolute Gasteiger partial charge is 0.223 e. The van der Waals surface area contributed by atoms with Crippen molar-refractivity contribution in [2.24, 2.45) is 0 Å². The van der Waals surface area contributed by atoms with E-state index in [0.717, 1.165) is 42.8 Å². The van der Waals surface area contributed by atoms with Gasteiger partial charge in [-0.25, -0.2) is 0 Å². The number of hydrogen-bond donors (Lipinski definition) is 1. The molecule has 3 aromatic rings. The van der Waals surface area contributed by atoms with Gasteiger partial charge in [-0.05, 0) is 36.4 Å². The first-order valence-corrected chi connectivity index (χ1v) is 10.4. The summed E-state index contributed by atoms with van der Waals surface area (Å²) in [5.41, 5.74) is 4.28. The van der Waals surface area contributed by atoms with Crippen LogP contribution in [0.1, 0.15) is 43.7 Å².